The number of para-hydroxylation sites is 1. The molecule has 0 N–H and O–H groups in total. The van der Waals surface area contributed by atoms with Gasteiger partial charge < -0.3 is 0 Å². The molecule has 0 aliphatic heterocycles. The summed E-state index contributed by atoms with van der Waals surface area (Å²) < 4.78 is 23.4. The largest absolute Gasteiger partial charge is 0.248 e. The summed E-state index contributed by atoms with van der Waals surface area (Å²) in [6, 6.07) is 27.1. The van der Waals surface area contributed by atoms with E-state index in [0.29, 0.717) is 4.90 Å². The van der Waals surface area contributed by atoms with Crippen molar-refractivity contribution < 1.29 is 8.42 Å². The van der Waals surface area contributed by atoms with Gasteiger partial charge in [-0.3, -0.25) is 0 Å². The van der Waals surface area contributed by atoms with Crippen LogP contribution in [0.4, 0.5) is 0 Å². The van der Waals surface area contributed by atoms with E-state index in [-0.39, 0.29) is 0 Å². The number of pyridine rings is 1. The van der Waals surface area contributed by atoms with Crippen molar-refractivity contribution in [1.29, 1.82) is 0 Å². The number of benzene rings is 3. The van der Waals surface area contributed by atoms with Crippen molar-refractivity contribution in [3.63, 3.8) is 0 Å². The molecule has 1 heterocycles. The van der Waals surface area contributed by atoms with Crippen LogP contribution in [0.3, 0.4) is 0 Å². The van der Waals surface area contributed by atoms with Crippen molar-refractivity contribution in [2.75, 3.05) is 6.26 Å². The first-order chi connectivity index (χ1) is 12.5. The van der Waals surface area contributed by atoms with E-state index in [1.165, 1.54) is 6.26 Å². The van der Waals surface area contributed by atoms with Crippen LogP contribution in [0.2, 0.25) is 0 Å². The van der Waals surface area contributed by atoms with Gasteiger partial charge >= 0.3 is 0 Å². The van der Waals surface area contributed by atoms with Crippen LogP contribution in [0.15, 0.2) is 89.8 Å². The molecule has 0 atom stereocenters. The molecule has 0 saturated carbocycles. The minimum atomic E-state index is -3.20. The Kier molecular flexibility index (Phi) is 4.05. The zero-order chi connectivity index (χ0) is 18.1. The maximum absolute atomic E-state index is 11.7. The van der Waals surface area contributed by atoms with E-state index in [9.17, 15) is 8.42 Å². The monoisotopic (exact) mass is 359 g/mol. The Morgan fingerprint density at radius 1 is 0.692 bits per heavy atom. The Balaban J connectivity index is 1.84. The van der Waals surface area contributed by atoms with Crippen molar-refractivity contribution >= 4 is 20.7 Å². The standard InChI is InChI=1S/C22H17NO2S/c1-26(24,25)18-13-10-16(11-14-18)19-7-3-4-8-20(19)22-15-12-17-6-2-5-9-21(17)23-22/h2-15H,1H3. The van der Waals surface area contributed by atoms with Crippen LogP contribution in [0.25, 0.3) is 33.3 Å². The Morgan fingerprint density at radius 2 is 1.35 bits per heavy atom. The molecule has 3 nitrogen and oxygen atoms in total. The zero-order valence-electron chi connectivity index (χ0n) is 14.3. The molecule has 0 saturated heterocycles. The lowest BCUT2D eigenvalue weighted by atomic mass is 9.97. The van der Waals surface area contributed by atoms with Crippen LogP contribution < -0.4 is 0 Å². The van der Waals surface area contributed by atoms with Gasteiger partial charge in [0.1, 0.15) is 0 Å². The predicted octanol–water partition coefficient (Wildman–Crippen LogP) is 4.97. The topological polar surface area (TPSA) is 47.0 Å². The minimum absolute atomic E-state index is 0.322. The average molecular weight is 359 g/mol. The third kappa shape index (κ3) is 3.11. The fourth-order valence-electron chi connectivity index (χ4n) is 3.06. The van der Waals surface area contributed by atoms with Crippen LogP contribution in [0.1, 0.15) is 0 Å². The SMILES string of the molecule is CS(=O)(=O)c1ccc(-c2ccccc2-c2ccc3ccccc3n2)cc1. The molecule has 3 aromatic carbocycles. The quantitative estimate of drug-likeness (QED) is 0.519. The third-order valence-corrected chi connectivity index (χ3v) is 5.52. The number of hydrogen-bond acceptors (Lipinski definition) is 3. The van der Waals surface area contributed by atoms with Crippen LogP contribution in [-0.2, 0) is 9.84 Å². The first kappa shape index (κ1) is 16.5. The Labute approximate surface area is 152 Å². The van der Waals surface area contributed by atoms with E-state index in [1.807, 2.05) is 66.7 Å². The van der Waals surface area contributed by atoms with E-state index in [4.69, 9.17) is 4.98 Å². The Hall–Kier alpha value is -2.98. The van der Waals surface area contributed by atoms with Crippen molar-refractivity contribution in [1.82, 2.24) is 4.98 Å². The van der Waals surface area contributed by atoms with E-state index < -0.39 is 9.84 Å². The molecule has 128 valence electrons. The van der Waals surface area contributed by atoms with Crippen molar-refractivity contribution in [2.45, 2.75) is 4.90 Å². The molecule has 0 fully saturated rings. The smallest absolute Gasteiger partial charge is 0.175 e. The van der Waals surface area contributed by atoms with Crippen molar-refractivity contribution in [3.05, 3.63) is 84.9 Å². The van der Waals surface area contributed by atoms with E-state index >= 15 is 0 Å². The molecule has 0 aliphatic carbocycles. The van der Waals surface area contributed by atoms with E-state index in [2.05, 4.69) is 6.07 Å². The lowest BCUT2D eigenvalue weighted by molar-refractivity contribution is 0.602. The molecule has 4 heteroatoms. The highest BCUT2D eigenvalue weighted by Crippen LogP contribution is 2.32. The molecule has 1 aromatic heterocycles. The predicted molar refractivity (Wildman–Crippen MR) is 106 cm³/mol. The summed E-state index contributed by atoms with van der Waals surface area (Å²) in [5.41, 5.74) is 4.85. The highest BCUT2D eigenvalue weighted by Gasteiger charge is 2.11. The van der Waals surface area contributed by atoms with Crippen molar-refractivity contribution in [3.8, 4) is 22.4 Å². The normalized spacial score (nSPS) is 11.6. The van der Waals surface area contributed by atoms with Gasteiger partial charge in [-0.15, -0.1) is 0 Å². The number of fused-ring (bicyclic) bond motifs is 1. The average Bonchev–Trinajstić information content (AvgIpc) is 2.67. The minimum Gasteiger partial charge on any atom is -0.248 e. The van der Waals surface area contributed by atoms with Gasteiger partial charge in [0.25, 0.3) is 0 Å². The van der Waals surface area contributed by atoms with Crippen molar-refractivity contribution in [2.24, 2.45) is 0 Å². The molecule has 0 bridgehead atoms. The number of nitrogens with zero attached hydrogens (tertiary/aromatic N) is 1. The van der Waals surface area contributed by atoms with Gasteiger partial charge in [0.15, 0.2) is 9.84 Å². The molecule has 0 amide bonds. The molecule has 0 spiro atoms. The Bertz CT molecular complexity index is 1200. The molecular formula is C22H17NO2S. The molecule has 0 aliphatic rings. The third-order valence-electron chi connectivity index (χ3n) is 4.39. The van der Waals surface area contributed by atoms with Crippen LogP contribution in [-0.4, -0.2) is 19.7 Å². The summed E-state index contributed by atoms with van der Waals surface area (Å²) in [6.07, 6.45) is 1.22. The summed E-state index contributed by atoms with van der Waals surface area (Å²) in [5, 5.41) is 1.10. The molecule has 4 aromatic rings. The van der Waals surface area contributed by atoms with E-state index in [1.54, 1.807) is 12.1 Å². The fraction of sp³-hybridized carbons (Fsp3) is 0.0455. The second kappa shape index (κ2) is 6.39. The summed E-state index contributed by atoms with van der Waals surface area (Å²) in [4.78, 5) is 5.11. The summed E-state index contributed by atoms with van der Waals surface area (Å²) >= 11 is 0. The fourth-order valence-corrected chi connectivity index (χ4v) is 3.69. The number of hydrogen-bond donors (Lipinski definition) is 0. The molecule has 0 unspecified atom stereocenters. The maximum atomic E-state index is 11.7. The van der Waals surface area contributed by atoms with Crippen LogP contribution in [0, 0.1) is 0 Å². The van der Waals surface area contributed by atoms with Gasteiger partial charge in [0, 0.05) is 17.2 Å². The highest BCUT2D eigenvalue weighted by molar-refractivity contribution is 7.90. The first-order valence-electron chi connectivity index (χ1n) is 8.28. The first-order valence-corrected chi connectivity index (χ1v) is 10.2. The summed E-state index contributed by atoms with van der Waals surface area (Å²) in [7, 11) is -3.20. The van der Waals surface area contributed by atoms with Gasteiger partial charge in [0.05, 0.1) is 16.1 Å². The van der Waals surface area contributed by atoms with Crippen LogP contribution in [0.5, 0.6) is 0 Å². The molecular weight excluding hydrogens is 342 g/mol. The molecule has 26 heavy (non-hydrogen) atoms. The van der Waals surface area contributed by atoms with Gasteiger partial charge in [-0.1, -0.05) is 60.7 Å². The second-order valence-electron chi connectivity index (χ2n) is 6.23. The van der Waals surface area contributed by atoms with Gasteiger partial charge in [-0.25, -0.2) is 13.4 Å². The number of rotatable bonds is 3. The van der Waals surface area contributed by atoms with Gasteiger partial charge in [-0.2, -0.15) is 0 Å². The second-order valence-corrected chi connectivity index (χ2v) is 8.25. The lowest BCUT2D eigenvalue weighted by Crippen LogP contribution is -1.96. The van der Waals surface area contributed by atoms with Gasteiger partial charge in [-0.05, 0) is 35.4 Å². The maximum Gasteiger partial charge on any atom is 0.175 e. The van der Waals surface area contributed by atoms with E-state index in [0.717, 1.165) is 33.3 Å². The van der Waals surface area contributed by atoms with Crippen LogP contribution >= 0.6 is 0 Å². The zero-order valence-corrected chi connectivity index (χ0v) is 15.1. The van der Waals surface area contributed by atoms with Gasteiger partial charge in [0.2, 0.25) is 0 Å². The number of aromatic nitrogens is 1. The summed E-state index contributed by atoms with van der Waals surface area (Å²) in [5.74, 6) is 0. The highest BCUT2D eigenvalue weighted by atomic mass is 32.2. The molecule has 0 radical (unpaired) electrons. The number of sulfone groups is 1. The lowest BCUT2D eigenvalue weighted by Gasteiger charge is -2.11. The molecule has 4 rings (SSSR count). The Morgan fingerprint density at radius 3 is 2.08 bits per heavy atom. The summed E-state index contributed by atoms with van der Waals surface area (Å²) in [6.45, 7) is 0.